The fraction of sp³-hybridized carbons (Fsp3) is 0.667. The van der Waals surface area contributed by atoms with Gasteiger partial charge in [0.25, 0.3) is 5.91 Å². The van der Waals surface area contributed by atoms with Crippen molar-refractivity contribution >= 4 is 21.8 Å². The van der Waals surface area contributed by atoms with E-state index in [4.69, 9.17) is 0 Å². The molecule has 0 spiro atoms. The number of carbonyl (C=O) groups is 1. The van der Waals surface area contributed by atoms with Crippen LogP contribution in [-0.2, 0) is 0 Å². The van der Waals surface area contributed by atoms with Crippen molar-refractivity contribution in [3.63, 3.8) is 0 Å². The zero-order valence-corrected chi connectivity index (χ0v) is 10.1. The molecule has 5 nitrogen and oxygen atoms in total. The van der Waals surface area contributed by atoms with Gasteiger partial charge in [-0.05, 0) is 12.3 Å². The molecule has 1 aromatic rings. The lowest BCUT2D eigenvalue weighted by molar-refractivity contribution is 0.0684. The molecule has 82 valence electrons. The summed E-state index contributed by atoms with van der Waals surface area (Å²) in [6, 6.07) is 0. The number of halogens is 1. The van der Waals surface area contributed by atoms with Crippen molar-refractivity contribution in [3.05, 3.63) is 11.9 Å². The van der Waals surface area contributed by atoms with Crippen LogP contribution in [0.2, 0.25) is 0 Å². The Hall–Kier alpha value is -0.910. The van der Waals surface area contributed by atoms with Crippen molar-refractivity contribution in [2.45, 2.75) is 18.2 Å². The Bertz CT molecular complexity index is 340. The van der Waals surface area contributed by atoms with Gasteiger partial charge in [-0.2, -0.15) is 15.4 Å². The van der Waals surface area contributed by atoms with E-state index in [-0.39, 0.29) is 5.91 Å². The van der Waals surface area contributed by atoms with Crippen molar-refractivity contribution in [2.75, 3.05) is 13.1 Å². The number of nitrogens with one attached hydrogen (secondary N) is 1. The van der Waals surface area contributed by atoms with Crippen molar-refractivity contribution in [1.29, 1.82) is 0 Å². The number of hydrogen-bond acceptors (Lipinski definition) is 3. The predicted octanol–water partition coefficient (Wildman–Crippen LogP) is 1.05. The molecule has 2 atom stereocenters. The second kappa shape index (κ2) is 4.30. The first-order chi connectivity index (χ1) is 7.18. The van der Waals surface area contributed by atoms with Crippen LogP contribution in [0.15, 0.2) is 6.20 Å². The molecule has 1 N–H and O–H groups in total. The molecular formula is C9H13BrN4O. The molecule has 15 heavy (non-hydrogen) atoms. The molecule has 6 heteroatoms. The summed E-state index contributed by atoms with van der Waals surface area (Å²) in [5, 5.41) is 9.89. The predicted molar refractivity (Wildman–Crippen MR) is 58.8 cm³/mol. The van der Waals surface area contributed by atoms with Gasteiger partial charge in [0.05, 0.1) is 6.20 Å². The van der Waals surface area contributed by atoms with Gasteiger partial charge in [0, 0.05) is 17.9 Å². The number of rotatable bonds is 1. The molecule has 0 saturated carbocycles. The molecule has 2 rings (SSSR count). The third-order valence-corrected chi connectivity index (χ3v) is 4.08. The molecule has 1 aliphatic heterocycles. The zero-order valence-electron chi connectivity index (χ0n) is 8.48. The number of H-pyrrole nitrogens is 1. The third kappa shape index (κ3) is 2.19. The minimum atomic E-state index is -0.0324. The van der Waals surface area contributed by atoms with Crippen LogP contribution in [0.5, 0.6) is 0 Å². The number of piperidine rings is 1. The van der Waals surface area contributed by atoms with E-state index in [0.717, 1.165) is 19.5 Å². The molecular weight excluding hydrogens is 260 g/mol. The smallest absolute Gasteiger partial charge is 0.276 e. The second-order valence-corrected chi connectivity index (χ2v) is 5.06. The SMILES string of the molecule is CC1CN(C(=O)c2cn[nH]n2)CCC1Br. The van der Waals surface area contributed by atoms with E-state index in [1.165, 1.54) is 6.20 Å². The highest BCUT2D eigenvalue weighted by atomic mass is 79.9. The highest BCUT2D eigenvalue weighted by molar-refractivity contribution is 9.09. The normalized spacial score (nSPS) is 26.7. The summed E-state index contributed by atoms with van der Waals surface area (Å²) in [7, 11) is 0. The molecule has 2 heterocycles. The van der Waals surface area contributed by atoms with Crippen molar-refractivity contribution in [1.82, 2.24) is 20.3 Å². The van der Waals surface area contributed by atoms with Gasteiger partial charge < -0.3 is 4.90 Å². The van der Waals surface area contributed by atoms with E-state index >= 15 is 0 Å². The van der Waals surface area contributed by atoms with Gasteiger partial charge >= 0.3 is 0 Å². The minimum Gasteiger partial charge on any atom is -0.337 e. The molecule has 1 fully saturated rings. The first-order valence-electron chi connectivity index (χ1n) is 4.97. The average molecular weight is 273 g/mol. The van der Waals surface area contributed by atoms with Crippen molar-refractivity contribution in [2.24, 2.45) is 5.92 Å². The topological polar surface area (TPSA) is 61.9 Å². The van der Waals surface area contributed by atoms with E-state index in [1.54, 1.807) is 0 Å². The van der Waals surface area contributed by atoms with Crippen molar-refractivity contribution < 1.29 is 4.79 Å². The average Bonchev–Trinajstić information content (AvgIpc) is 2.74. The van der Waals surface area contributed by atoms with Gasteiger partial charge in [-0.25, -0.2) is 0 Å². The Morgan fingerprint density at radius 2 is 2.53 bits per heavy atom. The Kier molecular flexibility index (Phi) is 3.04. The molecule has 0 aromatic carbocycles. The zero-order chi connectivity index (χ0) is 10.8. The van der Waals surface area contributed by atoms with E-state index in [0.29, 0.717) is 16.4 Å². The summed E-state index contributed by atoms with van der Waals surface area (Å²) in [5.74, 6) is 0.449. The number of aromatic amines is 1. The van der Waals surface area contributed by atoms with E-state index in [1.807, 2.05) is 4.90 Å². The number of carbonyl (C=O) groups excluding carboxylic acids is 1. The Morgan fingerprint density at radius 1 is 1.73 bits per heavy atom. The van der Waals surface area contributed by atoms with Gasteiger partial charge in [0.1, 0.15) is 0 Å². The fourth-order valence-electron chi connectivity index (χ4n) is 1.77. The van der Waals surface area contributed by atoms with Crippen LogP contribution in [0, 0.1) is 5.92 Å². The highest BCUT2D eigenvalue weighted by Crippen LogP contribution is 2.23. The number of hydrogen-bond donors (Lipinski definition) is 1. The van der Waals surface area contributed by atoms with Crippen LogP contribution in [0.25, 0.3) is 0 Å². The molecule has 0 radical (unpaired) electrons. The standard InChI is InChI=1S/C9H13BrN4O/c1-6-5-14(3-2-7(6)10)9(15)8-4-11-13-12-8/h4,6-7H,2-3,5H2,1H3,(H,11,12,13). The molecule has 1 aromatic heterocycles. The van der Waals surface area contributed by atoms with Crippen LogP contribution in [0.3, 0.4) is 0 Å². The monoisotopic (exact) mass is 272 g/mol. The lowest BCUT2D eigenvalue weighted by Crippen LogP contribution is -2.43. The van der Waals surface area contributed by atoms with Crippen molar-refractivity contribution in [3.8, 4) is 0 Å². The first-order valence-corrected chi connectivity index (χ1v) is 5.89. The molecule has 1 amide bonds. The van der Waals surface area contributed by atoms with Gasteiger partial charge in [-0.15, -0.1) is 0 Å². The van der Waals surface area contributed by atoms with Gasteiger partial charge in [-0.3, -0.25) is 4.79 Å². The van der Waals surface area contributed by atoms with Crippen LogP contribution < -0.4 is 0 Å². The number of likely N-dealkylation sites (tertiary alicyclic amines) is 1. The molecule has 0 aliphatic carbocycles. The fourth-order valence-corrected chi connectivity index (χ4v) is 2.14. The largest absolute Gasteiger partial charge is 0.337 e. The summed E-state index contributed by atoms with van der Waals surface area (Å²) >= 11 is 3.61. The van der Waals surface area contributed by atoms with E-state index in [2.05, 4.69) is 38.3 Å². The molecule has 0 bridgehead atoms. The van der Waals surface area contributed by atoms with Crippen LogP contribution in [-0.4, -0.2) is 44.1 Å². The van der Waals surface area contributed by atoms with Crippen LogP contribution >= 0.6 is 15.9 Å². The van der Waals surface area contributed by atoms with E-state index < -0.39 is 0 Å². The van der Waals surface area contributed by atoms with Gasteiger partial charge in [0.2, 0.25) is 0 Å². The Labute approximate surface area is 96.4 Å². The second-order valence-electron chi connectivity index (χ2n) is 3.89. The Balaban J connectivity index is 2.03. The minimum absolute atomic E-state index is 0.0324. The third-order valence-electron chi connectivity index (χ3n) is 2.72. The maximum atomic E-state index is 11.9. The highest BCUT2D eigenvalue weighted by Gasteiger charge is 2.28. The van der Waals surface area contributed by atoms with Crippen LogP contribution in [0.1, 0.15) is 23.8 Å². The molecule has 1 saturated heterocycles. The number of aromatic nitrogens is 3. The molecule has 1 aliphatic rings. The molecule has 2 unspecified atom stereocenters. The van der Waals surface area contributed by atoms with Crippen LogP contribution in [0.4, 0.5) is 0 Å². The summed E-state index contributed by atoms with van der Waals surface area (Å²) in [4.78, 5) is 14.2. The number of alkyl halides is 1. The lowest BCUT2D eigenvalue weighted by Gasteiger charge is -2.33. The summed E-state index contributed by atoms with van der Waals surface area (Å²) in [6.45, 7) is 3.70. The summed E-state index contributed by atoms with van der Waals surface area (Å²) in [5.41, 5.74) is 0.398. The maximum Gasteiger partial charge on any atom is 0.276 e. The number of amides is 1. The maximum absolute atomic E-state index is 11.9. The Morgan fingerprint density at radius 3 is 3.13 bits per heavy atom. The summed E-state index contributed by atoms with van der Waals surface area (Å²) < 4.78 is 0. The van der Waals surface area contributed by atoms with Gasteiger partial charge in [0.15, 0.2) is 5.69 Å². The quantitative estimate of drug-likeness (QED) is 0.778. The summed E-state index contributed by atoms with van der Waals surface area (Å²) in [6.07, 6.45) is 2.46. The van der Waals surface area contributed by atoms with Gasteiger partial charge in [-0.1, -0.05) is 22.9 Å². The lowest BCUT2D eigenvalue weighted by atomic mass is 10.00. The van der Waals surface area contributed by atoms with E-state index in [9.17, 15) is 4.79 Å². The first kappa shape index (κ1) is 10.6. The number of nitrogens with zero attached hydrogens (tertiary/aromatic N) is 3.